The van der Waals surface area contributed by atoms with E-state index in [0.29, 0.717) is 0 Å². The summed E-state index contributed by atoms with van der Waals surface area (Å²) in [4.78, 5) is -0.0741. The molecular weight excluding hydrogens is 330 g/mol. The molecule has 1 aromatic rings. The van der Waals surface area contributed by atoms with Crippen LogP contribution in [0.25, 0.3) is 0 Å². The number of benzene rings is 1. The summed E-state index contributed by atoms with van der Waals surface area (Å²) in [7, 11) is -2.43. The molecule has 0 fully saturated rings. The molecule has 0 spiro atoms. The molecule has 0 bridgehead atoms. The fourth-order valence-electron chi connectivity index (χ4n) is 1.49. The third-order valence-electron chi connectivity index (χ3n) is 2.78. The number of aliphatic hydroxyl groups excluding tert-OH is 5. The average molecular weight is 353 g/mol. The van der Waals surface area contributed by atoms with Crippen molar-refractivity contribution in [3.63, 3.8) is 0 Å². The quantitative estimate of drug-likeness (QED) is 0.264. The van der Waals surface area contributed by atoms with E-state index in [1.54, 1.807) is 25.2 Å². The van der Waals surface area contributed by atoms with Gasteiger partial charge in [0, 0.05) is 6.54 Å². The van der Waals surface area contributed by atoms with Gasteiger partial charge in [0.25, 0.3) is 10.1 Å². The van der Waals surface area contributed by atoms with Gasteiger partial charge in [-0.05, 0) is 19.2 Å². The summed E-state index contributed by atoms with van der Waals surface area (Å²) < 4.78 is 29.2. The van der Waals surface area contributed by atoms with Crippen LogP contribution in [0.1, 0.15) is 0 Å². The predicted octanol–water partition coefficient (Wildman–Crippen LogP) is -2.42. The minimum atomic E-state index is -4.00. The summed E-state index contributed by atoms with van der Waals surface area (Å²) >= 11 is 0. The normalized spacial score (nSPS) is 16.7. The molecule has 0 saturated heterocycles. The Balaban J connectivity index is 0.000000433. The molecule has 9 nitrogen and oxygen atoms in total. The van der Waals surface area contributed by atoms with Crippen molar-refractivity contribution in [3.8, 4) is 0 Å². The lowest BCUT2D eigenvalue weighted by molar-refractivity contribution is -0.113. The number of hydrogen-bond donors (Lipinski definition) is 7. The Labute approximate surface area is 134 Å². The smallest absolute Gasteiger partial charge is 0.294 e. The van der Waals surface area contributed by atoms with Gasteiger partial charge in [0.05, 0.1) is 17.6 Å². The van der Waals surface area contributed by atoms with E-state index in [4.69, 9.17) is 25.0 Å². The van der Waals surface area contributed by atoms with Gasteiger partial charge in [-0.2, -0.15) is 8.42 Å². The first kappa shape index (κ1) is 21.9. The average Bonchev–Trinajstić information content (AvgIpc) is 2.53. The highest BCUT2D eigenvalue weighted by molar-refractivity contribution is 7.85. The van der Waals surface area contributed by atoms with Crippen molar-refractivity contribution < 1.29 is 38.5 Å². The minimum Gasteiger partial charge on any atom is -0.394 e. The molecule has 1 rings (SSSR count). The summed E-state index contributed by atoms with van der Waals surface area (Å²) in [6.07, 6.45) is -5.65. The maximum atomic E-state index is 10.4. The number of rotatable bonds is 7. The minimum absolute atomic E-state index is 0.0741. The Morgan fingerprint density at radius 3 is 1.83 bits per heavy atom. The highest BCUT2D eigenvalue weighted by Crippen LogP contribution is 2.05. The summed E-state index contributed by atoms with van der Waals surface area (Å²) in [6, 6.07) is 7.42. The number of likely N-dealkylation sites (N-methyl/N-ethyl adjacent to an activating group) is 1. The van der Waals surface area contributed by atoms with E-state index >= 15 is 0 Å². The standard InChI is InChI=1S/C7H17NO5.C6H6O3S/c1-8-2-4(10)6(12)7(13)5(11)3-9;7-10(8,9)6-4-2-1-3-5-6/h4-13H,2-3H2,1H3;1-5H,(H,7,8,9)/t4-,5+,6+,7+;/m0./s1. The summed E-state index contributed by atoms with van der Waals surface area (Å²) in [6.45, 7) is -0.569. The Morgan fingerprint density at radius 2 is 1.48 bits per heavy atom. The number of aliphatic hydroxyl groups is 5. The van der Waals surface area contributed by atoms with Crippen LogP contribution in [-0.2, 0) is 10.1 Å². The molecule has 10 heteroatoms. The van der Waals surface area contributed by atoms with Crippen LogP contribution >= 0.6 is 0 Å². The Morgan fingerprint density at radius 1 is 1.00 bits per heavy atom. The maximum Gasteiger partial charge on any atom is 0.294 e. The first-order valence-electron chi connectivity index (χ1n) is 6.65. The van der Waals surface area contributed by atoms with E-state index in [9.17, 15) is 13.5 Å². The van der Waals surface area contributed by atoms with Crippen LogP contribution in [0.15, 0.2) is 35.2 Å². The van der Waals surface area contributed by atoms with Crippen molar-refractivity contribution >= 4 is 10.1 Å². The fourth-order valence-corrected chi connectivity index (χ4v) is 1.99. The van der Waals surface area contributed by atoms with Gasteiger partial charge in [-0.3, -0.25) is 4.55 Å². The van der Waals surface area contributed by atoms with Crippen LogP contribution in [-0.4, -0.2) is 83.1 Å². The molecule has 0 radical (unpaired) electrons. The number of hydrogen-bond acceptors (Lipinski definition) is 8. The zero-order chi connectivity index (χ0) is 18.0. The zero-order valence-electron chi connectivity index (χ0n) is 12.5. The second-order valence-electron chi connectivity index (χ2n) is 4.64. The monoisotopic (exact) mass is 353 g/mol. The zero-order valence-corrected chi connectivity index (χ0v) is 13.3. The molecule has 1 aromatic carbocycles. The first-order valence-corrected chi connectivity index (χ1v) is 8.09. The van der Waals surface area contributed by atoms with Crippen molar-refractivity contribution in [2.75, 3.05) is 20.2 Å². The van der Waals surface area contributed by atoms with Crippen molar-refractivity contribution in [1.29, 1.82) is 0 Å². The van der Waals surface area contributed by atoms with Gasteiger partial charge < -0.3 is 30.8 Å². The van der Waals surface area contributed by atoms with Crippen LogP contribution in [0, 0.1) is 0 Å². The van der Waals surface area contributed by atoms with Gasteiger partial charge in [0.2, 0.25) is 0 Å². The van der Waals surface area contributed by atoms with Gasteiger partial charge in [-0.15, -0.1) is 0 Å². The molecule has 0 aliphatic rings. The summed E-state index contributed by atoms with van der Waals surface area (Å²) in [5, 5.41) is 47.5. The van der Waals surface area contributed by atoms with Gasteiger partial charge in [-0.1, -0.05) is 18.2 Å². The van der Waals surface area contributed by atoms with E-state index in [2.05, 4.69) is 5.32 Å². The van der Waals surface area contributed by atoms with Crippen molar-refractivity contribution in [2.24, 2.45) is 0 Å². The van der Waals surface area contributed by atoms with Gasteiger partial charge in [0.1, 0.15) is 18.3 Å². The van der Waals surface area contributed by atoms with Gasteiger partial charge >= 0.3 is 0 Å². The fraction of sp³-hybridized carbons (Fsp3) is 0.538. The van der Waals surface area contributed by atoms with Gasteiger partial charge in [-0.25, -0.2) is 0 Å². The van der Waals surface area contributed by atoms with E-state index < -0.39 is 41.1 Å². The van der Waals surface area contributed by atoms with E-state index in [1.807, 2.05) is 0 Å². The van der Waals surface area contributed by atoms with E-state index in [0.717, 1.165) is 0 Å². The second-order valence-corrected chi connectivity index (χ2v) is 6.07. The maximum absolute atomic E-state index is 10.4. The highest BCUT2D eigenvalue weighted by Gasteiger charge is 2.29. The first-order chi connectivity index (χ1) is 10.6. The van der Waals surface area contributed by atoms with Crippen LogP contribution in [0.2, 0.25) is 0 Å². The second kappa shape index (κ2) is 10.6. The molecule has 7 N–H and O–H groups in total. The van der Waals surface area contributed by atoms with E-state index in [-0.39, 0.29) is 11.4 Å². The molecule has 0 heterocycles. The molecule has 23 heavy (non-hydrogen) atoms. The largest absolute Gasteiger partial charge is 0.394 e. The van der Waals surface area contributed by atoms with Crippen LogP contribution in [0.3, 0.4) is 0 Å². The predicted molar refractivity (Wildman–Crippen MR) is 81.3 cm³/mol. The topological polar surface area (TPSA) is 168 Å². The molecule has 0 unspecified atom stereocenters. The Hall–Kier alpha value is -1.11. The van der Waals surface area contributed by atoms with E-state index in [1.165, 1.54) is 12.1 Å². The Kier molecular flexibility index (Phi) is 10.1. The van der Waals surface area contributed by atoms with Crippen LogP contribution in [0.4, 0.5) is 0 Å². The molecule has 0 aliphatic carbocycles. The van der Waals surface area contributed by atoms with Gasteiger partial charge in [0.15, 0.2) is 0 Å². The van der Waals surface area contributed by atoms with Crippen LogP contribution < -0.4 is 5.32 Å². The molecule has 0 aliphatic heterocycles. The Bertz CT molecular complexity index is 524. The molecular formula is C13H23NO8S. The SMILES string of the molecule is CNC[C@H](O)[C@@H](O)[C@H](O)[C@H](O)CO.O=S(=O)(O)c1ccccc1. The summed E-state index contributed by atoms with van der Waals surface area (Å²) in [5.41, 5.74) is 0. The van der Waals surface area contributed by atoms with Crippen molar-refractivity contribution in [1.82, 2.24) is 5.32 Å². The van der Waals surface area contributed by atoms with Crippen molar-refractivity contribution in [3.05, 3.63) is 30.3 Å². The molecule has 0 saturated carbocycles. The third kappa shape index (κ3) is 8.34. The molecule has 4 atom stereocenters. The van der Waals surface area contributed by atoms with Crippen LogP contribution in [0.5, 0.6) is 0 Å². The molecule has 0 aromatic heterocycles. The van der Waals surface area contributed by atoms with Crippen molar-refractivity contribution in [2.45, 2.75) is 29.3 Å². The lowest BCUT2D eigenvalue weighted by atomic mass is 10.0. The lowest BCUT2D eigenvalue weighted by Gasteiger charge is -2.25. The lowest BCUT2D eigenvalue weighted by Crippen LogP contribution is -2.48. The molecule has 134 valence electrons. The molecule has 0 amide bonds. The summed E-state index contributed by atoms with van der Waals surface area (Å²) in [5.74, 6) is 0. The third-order valence-corrected chi connectivity index (χ3v) is 3.65. The highest BCUT2D eigenvalue weighted by atomic mass is 32.2. The number of nitrogens with one attached hydrogen (secondary N) is 1.